The van der Waals surface area contributed by atoms with Gasteiger partial charge in [0.05, 0.1) is 12.2 Å². The van der Waals surface area contributed by atoms with Gasteiger partial charge in [-0.2, -0.15) is 0 Å². The Labute approximate surface area is 144 Å². The number of hydrogen-bond donors (Lipinski definition) is 1. The van der Waals surface area contributed by atoms with Gasteiger partial charge in [0.25, 0.3) is 5.56 Å². The molecule has 6 nitrogen and oxygen atoms in total. The topological polar surface area (TPSA) is 72.9 Å². The molecule has 128 valence electrons. The van der Waals surface area contributed by atoms with Crippen molar-refractivity contribution in [2.75, 3.05) is 0 Å². The van der Waals surface area contributed by atoms with Gasteiger partial charge in [-0.05, 0) is 54.2 Å². The lowest BCUT2D eigenvalue weighted by molar-refractivity contribution is 0.216. The molecule has 3 aromatic rings. The molecule has 1 aromatic carbocycles. The molecule has 0 amide bonds. The van der Waals surface area contributed by atoms with Crippen LogP contribution in [0.1, 0.15) is 42.7 Å². The molecule has 0 radical (unpaired) electrons. The molecule has 3 saturated carbocycles. The molecule has 1 N–H and O–H groups in total. The molecule has 6 rings (SSSR count). The van der Waals surface area contributed by atoms with Crippen molar-refractivity contribution < 1.29 is 5.11 Å². The summed E-state index contributed by atoms with van der Waals surface area (Å²) in [5.74, 6) is 1.57. The Hall–Kier alpha value is -2.47. The second kappa shape index (κ2) is 5.26. The lowest BCUT2D eigenvalue weighted by Crippen LogP contribution is -2.17. The summed E-state index contributed by atoms with van der Waals surface area (Å²) in [6, 6.07) is 7.73. The number of benzene rings is 1. The maximum atomic E-state index is 12.3. The second-order valence-corrected chi connectivity index (χ2v) is 7.47. The van der Waals surface area contributed by atoms with Crippen LogP contribution in [0.4, 0.5) is 0 Å². The molecule has 3 fully saturated rings. The summed E-state index contributed by atoms with van der Waals surface area (Å²) >= 11 is 0. The highest BCUT2D eigenvalue weighted by Gasteiger charge is 2.45. The van der Waals surface area contributed by atoms with E-state index in [-0.39, 0.29) is 5.56 Å². The minimum atomic E-state index is -0.888. The molecule has 3 aliphatic carbocycles. The predicted molar refractivity (Wildman–Crippen MR) is 93.1 cm³/mol. The van der Waals surface area contributed by atoms with Gasteiger partial charge in [0.15, 0.2) is 0 Å². The number of nitrogens with zero attached hydrogens (tertiary/aromatic N) is 4. The zero-order chi connectivity index (χ0) is 17.1. The van der Waals surface area contributed by atoms with Crippen LogP contribution in [0.5, 0.6) is 0 Å². The van der Waals surface area contributed by atoms with Gasteiger partial charge in [0.1, 0.15) is 11.8 Å². The molecule has 2 aromatic heterocycles. The van der Waals surface area contributed by atoms with Crippen LogP contribution in [0.15, 0.2) is 41.5 Å². The number of hydrogen-bond acceptors (Lipinski definition) is 4. The minimum Gasteiger partial charge on any atom is -0.382 e. The van der Waals surface area contributed by atoms with E-state index in [0.29, 0.717) is 22.7 Å². The van der Waals surface area contributed by atoms with E-state index in [9.17, 15) is 9.90 Å². The van der Waals surface area contributed by atoms with Gasteiger partial charge in [-0.25, -0.2) is 4.68 Å². The lowest BCUT2D eigenvalue weighted by Gasteiger charge is -2.24. The van der Waals surface area contributed by atoms with E-state index in [2.05, 4.69) is 10.3 Å². The number of fused-ring (bicyclic) bond motifs is 2. The highest BCUT2D eigenvalue weighted by atomic mass is 16.3. The summed E-state index contributed by atoms with van der Waals surface area (Å²) in [5, 5.41) is 20.7. The van der Waals surface area contributed by atoms with Gasteiger partial charge in [0.2, 0.25) is 0 Å². The van der Waals surface area contributed by atoms with E-state index in [1.165, 1.54) is 19.3 Å². The van der Waals surface area contributed by atoms with Crippen molar-refractivity contribution in [3.05, 3.63) is 58.3 Å². The average Bonchev–Trinajstić information content (AvgIpc) is 3.30. The number of aliphatic hydroxyl groups excluding tert-OH is 1. The van der Waals surface area contributed by atoms with Crippen molar-refractivity contribution >= 4 is 10.8 Å². The Balaban J connectivity index is 1.53. The van der Waals surface area contributed by atoms with Crippen LogP contribution >= 0.6 is 0 Å². The summed E-state index contributed by atoms with van der Waals surface area (Å²) in [6.07, 6.45) is 6.48. The summed E-state index contributed by atoms with van der Waals surface area (Å²) in [7, 11) is 1.73. The van der Waals surface area contributed by atoms with Gasteiger partial charge in [-0.3, -0.25) is 4.79 Å². The van der Waals surface area contributed by atoms with Gasteiger partial charge in [-0.1, -0.05) is 17.3 Å². The number of rotatable bonds is 3. The molecule has 0 aliphatic heterocycles. The van der Waals surface area contributed by atoms with Crippen LogP contribution in [-0.4, -0.2) is 24.7 Å². The third-order valence-corrected chi connectivity index (χ3v) is 5.99. The Morgan fingerprint density at radius 1 is 1.20 bits per heavy atom. The van der Waals surface area contributed by atoms with Crippen LogP contribution < -0.4 is 5.56 Å². The highest BCUT2D eigenvalue weighted by Crippen LogP contribution is 2.54. The average molecular weight is 336 g/mol. The zero-order valence-electron chi connectivity index (χ0n) is 14.0. The first-order valence-corrected chi connectivity index (χ1v) is 8.80. The van der Waals surface area contributed by atoms with Crippen LogP contribution in [0.25, 0.3) is 10.8 Å². The molecule has 2 heterocycles. The van der Waals surface area contributed by atoms with E-state index in [1.54, 1.807) is 29.9 Å². The maximum Gasteiger partial charge on any atom is 0.258 e. The lowest BCUT2D eigenvalue weighted by atomic mass is 9.84. The monoisotopic (exact) mass is 336 g/mol. The number of aromatic nitrogens is 4. The Morgan fingerprint density at radius 2 is 2.04 bits per heavy atom. The molecule has 2 bridgehead atoms. The Morgan fingerprint density at radius 3 is 2.80 bits per heavy atom. The number of aryl methyl sites for hydroxylation is 1. The summed E-state index contributed by atoms with van der Waals surface area (Å²) in [4.78, 5) is 12.3. The van der Waals surface area contributed by atoms with E-state index in [4.69, 9.17) is 0 Å². The fraction of sp³-hybridized carbons (Fsp3) is 0.421. The fourth-order valence-electron chi connectivity index (χ4n) is 4.53. The van der Waals surface area contributed by atoms with E-state index in [1.807, 2.05) is 23.0 Å². The van der Waals surface area contributed by atoms with Crippen molar-refractivity contribution in [3.8, 4) is 0 Å². The van der Waals surface area contributed by atoms with Crippen molar-refractivity contribution in [1.82, 2.24) is 19.6 Å². The van der Waals surface area contributed by atoms with Crippen molar-refractivity contribution in [2.24, 2.45) is 18.9 Å². The first-order valence-electron chi connectivity index (χ1n) is 8.80. The number of aliphatic hydroxyl groups is 1. The predicted octanol–water partition coefficient (Wildman–Crippen LogP) is 2.18. The third kappa shape index (κ3) is 2.17. The Bertz CT molecular complexity index is 1020. The van der Waals surface area contributed by atoms with E-state index in [0.717, 1.165) is 17.2 Å². The van der Waals surface area contributed by atoms with Crippen LogP contribution in [-0.2, 0) is 7.05 Å². The van der Waals surface area contributed by atoms with Crippen LogP contribution in [0.2, 0.25) is 0 Å². The molecule has 3 aliphatic rings. The largest absolute Gasteiger partial charge is 0.382 e. The van der Waals surface area contributed by atoms with Crippen molar-refractivity contribution in [2.45, 2.75) is 31.4 Å². The number of pyridine rings is 1. The first kappa shape index (κ1) is 14.8. The van der Waals surface area contributed by atoms with Gasteiger partial charge < -0.3 is 9.67 Å². The van der Waals surface area contributed by atoms with Crippen LogP contribution in [0.3, 0.4) is 0 Å². The molecule has 0 saturated heterocycles. The highest BCUT2D eigenvalue weighted by molar-refractivity contribution is 5.85. The molecular formula is C19H20N4O2. The maximum absolute atomic E-state index is 12.3. The van der Waals surface area contributed by atoms with Crippen molar-refractivity contribution in [1.29, 1.82) is 0 Å². The first-order chi connectivity index (χ1) is 12.1. The molecule has 6 heteroatoms. The fourth-order valence-corrected chi connectivity index (χ4v) is 4.53. The van der Waals surface area contributed by atoms with Crippen molar-refractivity contribution in [3.63, 3.8) is 0 Å². The molecule has 2 atom stereocenters. The standard InChI is InChI=1S/C19H20N4O2/c1-22-6-5-13-14(3-2-4-15(13)19(22)25)18(24)16-10-23(21-20-16)17-9-11-7-12(17)8-11/h2-6,10-12,17-18,24H,7-9H2,1H3/t11?,12?,17-,18?/m1/s1. The minimum absolute atomic E-state index is 0.0686. The molecule has 0 spiro atoms. The van der Waals surface area contributed by atoms with Crippen LogP contribution in [0, 0.1) is 11.8 Å². The van der Waals surface area contributed by atoms with Gasteiger partial charge in [0, 0.05) is 18.6 Å². The summed E-state index contributed by atoms with van der Waals surface area (Å²) in [5.41, 5.74) is 1.16. The third-order valence-electron chi connectivity index (χ3n) is 5.99. The Kier molecular flexibility index (Phi) is 3.12. The summed E-state index contributed by atoms with van der Waals surface area (Å²) in [6.45, 7) is 0. The van der Waals surface area contributed by atoms with Gasteiger partial charge in [-0.15, -0.1) is 5.10 Å². The normalized spacial score (nSPS) is 25.9. The molecule has 25 heavy (non-hydrogen) atoms. The van der Waals surface area contributed by atoms with E-state index >= 15 is 0 Å². The smallest absolute Gasteiger partial charge is 0.258 e. The molecule has 1 unspecified atom stereocenters. The zero-order valence-corrected chi connectivity index (χ0v) is 14.0. The van der Waals surface area contributed by atoms with E-state index < -0.39 is 6.10 Å². The van der Waals surface area contributed by atoms with Gasteiger partial charge >= 0.3 is 0 Å². The molecular weight excluding hydrogens is 316 g/mol. The summed E-state index contributed by atoms with van der Waals surface area (Å²) < 4.78 is 3.47. The SMILES string of the molecule is Cn1ccc2c(C(O)c3cn([C@@H]4CC5CC4C5)nn3)cccc2c1=O. The quantitative estimate of drug-likeness (QED) is 0.796. The second-order valence-electron chi connectivity index (χ2n) is 7.47.